The fourth-order valence-electron chi connectivity index (χ4n) is 0.995. The largest absolute Gasteiger partial charge is 0.416 e. The van der Waals surface area contributed by atoms with Crippen molar-refractivity contribution in [2.45, 2.75) is 17.2 Å². The Bertz CT molecular complexity index is 323. The lowest BCUT2D eigenvalue weighted by Gasteiger charge is -2.08. The van der Waals surface area contributed by atoms with E-state index in [9.17, 15) is 17.6 Å². The predicted molar refractivity (Wildman–Crippen MR) is 56.1 cm³/mol. The zero-order valence-corrected chi connectivity index (χ0v) is 9.11. The van der Waals surface area contributed by atoms with E-state index in [0.29, 0.717) is 4.90 Å². The lowest BCUT2D eigenvalue weighted by Crippen LogP contribution is -2.17. The fraction of sp³-hybridized carbons (Fsp3) is 0.400. The van der Waals surface area contributed by atoms with Gasteiger partial charge in [0.15, 0.2) is 0 Å². The van der Waals surface area contributed by atoms with Crippen molar-refractivity contribution in [2.75, 3.05) is 12.3 Å². The molecule has 2 N–H and O–H groups in total. The predicted octanol–water partition coefficient (Wildman–Crippen LogP) is 3.09. The summed E-state index contributed by atoms with van der Waals surface area (Å²) in [6.07, 6.45) is -5.46. The van der Waals surface area contributed by atoms with E-state index in [0.717, 1.165) is 23.9 Å². The van der Waals surface area contributed by atoms with Crippen LogP contribution < -0.4 is 5.73 Å². The van der Waals surface area contributed by atoms with Crippen LogP contribution in [-0.4, -0.2) is 18.5 Å². The van der Waals surface area contributed by atoms with Crippen LogP contribution in [0.5, 0.6) is 0 Å². The highest BCUT2D eigenvalue weighted by Crippen LogP contribution is 2.30. The SMILES string of the molecule is NCC(F)CSc1ccc(C(F)(F)F)cc1. The van der Waals surface area contributed by atoms with Gasteiger partial charge in [0.25, 0.3) is 0 Å². The van der Waals surface area contributed by atoms with E-state index in [4.69, 9.17) is 5.73 Å². The molecule has 0 saturated carbocycles. The molecule has 0 radical (unpaired) electrons. The summed E-state index contributed by atoms with van der Waals surface area (Å²) in [4.78, 5) is 0.601. The van der Waals surface area contributed by atoms with Crippen molar-refractivity contribution in [2.24, 2.45) is 5.73 Å². The summed E-state index contributed by atoms with van der Waals surface area (Å²) in [5.41, 5.74) is 4.38. The van der Waals surface area contributed by atoms with Gasteiger partial charge in [0, 0.05) is 17.2 Å². The minimum Gasteiger partial charge on any atom is -0.328 e. The summed E-state index contributed by atoms with van der Waals surface area (Å²) in [7, 11) is 0. The Labute approximate surface area is 95.0 Å². The Hall–Kier alpha value is -0.750. The molecule has 0 aliphatic rings. The first-order valence-corrected chi connectivity index (χ1v) is 5.56. The highest BCUT2D eigenvalue weighted by atomic mass is 32.2. The third-order valence-corrected chi connectivity index (χ3v) is 3.00. The first-order chi connectivity index (χ1) is 7.43. The van der Waals surface area contributed by atoms with E-state index in [1.54, 1.807) is 0 Å². The lowest BCUT2D eigenvalue weighted by atomic mass is 10.2. The number of hydrogen-bond acceptors (Lipinski definition) is 2. The van der Waals surface area contributed by atoms with Crippen molar-refractivity contribution in [3.63, 3.8) is 0 Å². The second-order valence-electron chi connectivity index (χ2n) is 3.17. The summed E-state index contributed by atoms with van der Waals surface area (Å²) < 4.78 is 49.4. The highest BCUT2D eigenvalue weighted by molar-refractivity contribution is 7.99. The van der Waals surface area contributed by atoms with Crippen LogP contribution in [0.4, 0.5) is 17.6 Å². The number of alkyl halides is 4. The van der Waals surface area contributed by atoms with Crippen LogP contribution >= 0.6 is 11.8 Å². The van der Waals surface area contributed by atoms with Crippen molar-refractivity contribution in [1.82, 2.24) is 0 Å². The smallest absolute Gasteiger partial charge is 0.328 e. The molecule has 1 nitrogen and oxygen atoms in total. The molecule has 1 rings (SSSR count). The summed E-state index contributed by atoms with van der Waals surface area (Å²) in [5, 5.41) is 0. The molecular formula is C10H11F4NS. The maximum Gasteiger partial charge on any atom is 0.416 e. The summed E-state index contributed by atoms with van der Waals surface area (Å²) >= 11 is 1.15. The number of halogens is 4. The van der Waals surface area contributed by atoms with E-state index < -0.39 is 17.9 Å². The molecule has 16 heavy (non-hydrogen) atoms. The molecule has 0 aliphatic carbocycles. The van der Waals surface area contributed by atoms with Gasteiger partial charge in [0.1, 0.15) is 6.17 Å². The molecule has 0 heterocycles. The maximum atomic E-state index is 12.8. The maximum absolute atomic E-state index is 12.8. The highest BCUT2D eigenvalue weighted by Gasteiger charge is 2.29. The van der Waals surface area contributed by atoms with Crippen LogP contribution in [0.2, 0.25) is 0 Å². The molecule has 0 saturated heterocycles. The Kier molecular flexibility index (Phi) is 4.61. The van der Waals surface area contributed by atoms with Gasteiger partial charge < -0.3 is 5.73 Å². The molecule has 0 fully saturated rings. The van der Waals surface area contributed by atoms with Gasteiger partial charge >= 0.3 is 6.18 Å². The van der Waals surface area contributed by atoms with E-state index in [-0.39, 0.29) is 12.3 Å². The van der Waals surface area contributed by atoms with Gasteiger partial charge in [-0.2, -0.15) is 13.2 Å². The molecule has 90 valence electrons. The zero-order chi connectivity index (χ0) is 12.2. The number of nitrogens with two attached hydrogens (primary N) is 1. The lowest BCUT2D eigenvalue weighted by molar-refractivity contribution is -0.137. The van der Waals surface area contributed by atoms with Gasteiger partial charge in [0.2, 0.25) is 0 Å². The molecule has 1 atom stereocenters. The van der Waals surface area contributed by atoms with E-state index >= 15 is 0 Å². The molecule has 0 aromatic heterocycles. The number of rotatable bonds is 4. The van der Waals surface area contributed by atoms with Crippen LogP contribution in [0.15, 0.2) is 29.2 Å². The molecule has 0 amide bonds. The summed E-state index contributed by atoms with van der Waals surface area (Å²) in [5.74, 6) is 0.155. The first-order valence-electron chi connectivity index (χ1n) is 4.57. The molecule has 0 aliphatic heterocycles. The quantitative estimate of drug-likeness (QED) is 0.659. The first kappa shape index (κ1) is 13.3. The van der Waals surface area contributed by atoms with Crippen molar-refractivity contribution in [3.8, 4) is 0 Å². The fourth-order valence-corrected chi connectivity index (χ4v) is 1.83. The van der Waals surface area contributed by atoms with Gasteiger partial charge in [-0.3, -0.25) is 0 Å². The van der Waals surface area contributed by atoms with Gasteiger partial charge in [-0.15, -0.1) is 11.8 Å². The molecule has 1 aromatic rings. The third kappa shape index (κ3) is 4.02. The number of benzene rings is 1. The molecule has 1 unspecified atom stereocenters. The van der Waals surface area contributed by atoms with Crippen LogP contribution in [0, 0.1) is 0 Å². The Balaban J connectivity index is 2.58. The second kappa shape index (κ2) is 5.54. The molecule has 1 aromatic carbocycles. The van der Waals surface area contributed by atoms with Crippen LogP contribution in [0.25, 0.3) is 0 Å². The topological polar surface area (TPSA) is 26.0 Å². The Morgan fingerprint density at radius 1 is 1.19 bits per heavy atom. The minimum absolute atomic E-state index is 0.0758. The average Bonchev–Trinajstić information content (AvgIpc) is 2.25. The van der Waals surface area contributed by atoms with Gasteiger partial charge in [0.05, 0.1) is 5.56 Å². The van der Waals surface area contributed by atoms with E-state index in [2.05, 4.69) is 0 Å². The average molecular weight is 253 g/mol. The van der Waals surface area contributed by atoms with Crippen LogP contribution in [0.1, 0.15) is 5.56 Å². The van der Waals surface area contributed by atoms with Crippen molar-refractivity contribution < 1.29 is 17.6 Å². The van der Waals surface area contributed by atoms with Gasteiger partial charge in [-0.25, -0.2) is 4.39 Å². The second-order valence-corrected chi connectivity index (χ2v) is 4.26. The summed E-state index contributed by atoms with van der Waals surface area (Å²) in [6.45, 7) is -0.0758. The minimum atomic E-state index is -4.33. The van der Waals surface area contributed by atoms with Crippen molar-refractivity contribution in [1.29, 1.82) is 0 Å². The Morgan fingerprint density at radius 3 is 2.19 bits per heavy atom. The normalized spacial score (nSPS) is 13.8. The van der Waals surface area contributed by atoms with Crippen molar-refractivity contribution >= 4 is 11.8 Å². The van der Waals surface area contributed by atoms with Crippen molar-refractivity contribution in [3.05, 3.63) is 29.8 Å². The zero-order valence-electron chi connectivity index (χ0n) is 8.30. The Morgan fingerprint density at radius 2 is 1.75 bits per heavy atom. The number of hydrogen-bond donors (Lipinski definition) is 1. The molecular weight excluding hydrogens is 242 g/mol. The molecule has 0 spiro atoms. The van der Waals surface area contributed by atoms with Crippen LogP contribution in [0.3, 0.4) is 0 Å². The molecule has 6 heteroatoms. The van der Waals surface area contributed by atoms with E-state index in [1.807, 2.05) is 0 Å². The third-order valence-electron chi connectivity index (χ3n) is 1.87. The number of thioether (sulfide) groups is 1. The standard InChI is InChI=1S/C10H11F4NS/c11-8(5-15)6-16-9-3-1-7(2-4-9)10(12,13)14/h1-4,8H,5-6,15H2. The summed E-state index contributed by atoms with van der Waals surface area (Å²) in [6, 6.07) is 4.63. The molecule has 0 bridgehead atoms. The van der Waals surface area contributed by atoms with Gasteiger partial charge in [-0.1, -0.05) is 0 Å². The van der Waals surface area contributed by atoms with E-state index in [1.165, 1.54) is 12.1 Å². The monoisotopic (exact) mass is 253 g/mol. The van der Waals surface area contributed by atoms with Gasteiger partial charge in [-0.05, 0) is 24.3 Å². The van der Waals surface area contributed by atoms with Crippen LogP contribution in [-0.2, 0) is 6.18 Å².